The summed E-state index contributed by atoms with van der Waals surface area (Å²) < 4.78 is 0. The van der Waals surface area contributed by atoms with E-state index in [0.717, 1.165) is 36.8 Å². The van der Waals surface area contributed by atoms with Crippen molar-refractivity contribution in [1.29, 1.82) is 0 Å². The lowest BCUT2D eigenvalue weighted by molar-refractivity contribution is 0.444. The number of aromatic hydroxyl groups is 6. The van der Waals surface area contributed by atoms with Gasteiger partial charge >= 0.3 is 0 Å². The number of phenolic OH excluding ortho intramolecular Hbond substituents is 6. The molecule has 0 unspecified atom stereocenters. The first kappa shape index (κ1) is 24.5. The summed E-state index contributed by atoms with van der Waals surface area (Å²) in [7, 11) is 0. The average molecular weight is 414 g/mol. The Balaban J connectivity index is 0.000000228. The molecule has 0 atom stereocenters. The Labute approximate surface area is 177 Å². The summed E-state index contributed by atoms with van der Waals surface area (Å²) in [5, 5.41) is 53.7. The molecule has 3 rings (SSSR count). The number of hydrogen-bond acceptors (Lipinski definition) is 6. The van der Waals surface area contributed by atoms with E-state index in [1.807, 2.05) is 13.8 Å². The van der Waals surface area contributed by atoms with Gasteiger partial charge in [0.2, 0.25) is 0 Å². The van der Waals surface area contributed by atoms with E-state index >= 15 is 0 Å². The normalized spacial score (nSPS) is 9.67. The highest BCUT2D eigenvalue weighted by Crippen LogP contribution is 2.24. The van der Waals surface area contributed by atoms with Crippen molar-refractivity contribution in [3.8, 4) is 34.5 Å². The van der Waals surface area contributed by atoms with Gasteiger partial charge in [0, 0.05) is 12.1 Å². The van der Waals surface area contributed by atoms with E-state index in [-0.39, 0.29) is 34.5 Å². The molecule has 30 heavy (non-hydrogen) atoms. The molecule has 0 radical (unpaired) electrons. The van der Waals surface area contributed by atoms with Crippen LogP contribution < -0.4 is 0 Å². The minimum Gasteiger partial charge on any atom is -0.508 e. The van der Waals surface area contributed by atoms with E-state index in [4.69, 9.17) is 20.4 Å². The molecule has 0 bridgehead atoms. The Morgan fingerprint density at radius 2 is 0.767 bits per heavy atom. The van der Waals surface area contributed by atoms with E-state index in [9.17, 15) is 10.2 Å². The minimum atomic E-state index is 0.113. The van der Waals surface area contributed by atoms with Crippen LogP contribution in [0.1, 0.15) is 37.8 Å². The second kappa shape index (κ2) is 12.8. The monoisotopic (exact) mass is 414 g/mol. The maximum atomic E-state index is 9.26. The lowest BCUT2D eigenvalue weighted by Gasteiger charge is -2.01. The minimum absolute atomic E-state index is 0.113. The van der Waals surface area contributed by atoms with Crippen LogP contribution in [-0.2, 0) is 12.8 Å². The number of rotatable bonds is 4. The molecular weight excluding hydrogens is 384 g/mol. The Bertz CT molecular complexity index is 816. The number of aryl methyl sites for hydroxylation is 2. The van der Waals surface area contributed by atoms with Crippen LogP contribution in [0.5, 0.6) is 34.5 Å². The van der Waals surface area contributed by atoms with Crippen LogP contribution in [0, 0.1) is 0 Å². The molecule has 3 aromatic rings. The van der Waals surface area contributed by atoms with Gasteiger partial charge in [-0.2, -0.15) is 0 Å². The Morgan fingerprint density at radius 1 is 0.467 bits per heavy atom. The molecule has 6 nitrogen and oxygen atoms in total. The van der Waals surface area contributed by atoms with E-state index in [1.54, 1.807) is 24.3 Å². The van der Waals surface area contributed by atoms with Gasteiger partial charge in [-0.1, -0.05) is 38.8 Å². The summed E-state index contributed by atoms with van der Waals surface area (Å²) in [5.41, 5.74) is 1.79. The fourth-order valence-corrected chi connectivity index (χ4v) is 2.52. The van der Waals surface area contributed by atoms with Crippen LogP contribution >= 0.6 is 0 Å². The summed E-state index contributed by atoms with van der Waals surface area (Å²) in [6, 6.07) is 15.1. The fourth-order valence-electron chi connectivity index (χ4n) is 2.52. The third-order valence-electron chi connectivity index (χ3n) is 4.03. The maximum Gasteiger partial charge on any atom is 0.122 e. The summed E-state index contributed by atoms with van der Waals surface area (Å²) in [5.74, 6) is 0.939. The molecule has 0 aromatic heterocycles. The molecule has 0 aliphatic rings. The van der Waals surface area contributed by atoms with Gasteiger partial charge in [-0.15, -0.1) is 0 Å². The van der Waals surface area contributed by atoms with Crippen molar-refractivity contribution in [3.63, 3.8) is 0 Å². The highest BCUT2D eigenvalue weighted by atomic mass is 16.3. The Morgan fingerprint density at radius 3 is 1.03 bits per heavy atom. The van der Waals surface area contributed by atoms with Gasteiger partial charge in [0.1, 0.15) is 34.5 Å². The molecule has 3 aromatic carbocycles. The van der Waals surface area contributed by atoms with Crippen LogP contribution in [0.4, 0.5) is 0 Å². The first-order chi connectivity index (χ1) is 14.3. The molecular formula is C24H30O6. The molecule has 0 amide bonds. The zero-order valence-electron chi connectivity index (χ0n) is 17.3. The fraction of sp³-hybridized carbons (Fsp3) is 0.250. The first-order valence-corrected chi connectivity index (χ1v) is 9.76. The van der Waals surface area contributed by atoms with Crippen molar-refractivity contribution >= 4 is 0 Å². The Kier molecular flexibility index (Phi) is 10.5. The molecule has 0 heterocycles. The van der Waals surface area contributed by atoms with Gasteiger partial charge in [0.05, 0.1) is 0 Å². The predicted molar refractivity (Wildman–Crippen MR) is 117 cm³/mol. The molecule has 6 N–H and O–H groups in total. The van der Waals surface area contributed by atoms with Crippen LogP contribution in [0.15, 0.2) is 60.7 Å². The lowest BCUT2D eigenvalue weighted by Crippen LogP contribution is -1.82. The molecule has 6 heteroatoms. The van der Waals surface area contributed by atoms with Crippen molar-refractivity contribution in [2.24, 2.45) is 0 Å². The van der Waals surface area contributed by atoms with Gasteiger partial charge in [-0.05, 0) is 60.4 Å². The SMILES string of the molecule is CCCc1ccc(O)cc1O.CCCc1ccc(O)cc1O.Oc1ccc(O)cc1. The zero-order valence-corrected chi connectivity index (χ0v) is 17.3. The van der Waals surface area contributed by atoms with Crippen LogP contribution in [0.2, 0.25) is 0 Å². The summed E-state index contributed by atoms with van der Waals surface area (Å²) in [6.07, 6.45) is 3.70. The van der Waals surface area contributed by atoms with Crippen molar-refractivity contribution in [2.45, 2.75) is 39.5 Å². The molecule has 0 spiro atoms. The quantitative estimate of drug-likeness (QED) is 0.326. The topological polar surface area (TPSA) is 121 Å². The second-order valence-corrected chi connectivity index (χ2v) is 6.64. The second-order valence-electron chi connectivity index (χ2n) is 6.64. The maximum absolute atomic E-state index is 9.26. The standard InChI is InChI=1S/2C9H12O2.C6H6O2/c2*1-2-3-7-4-5-8(10)6-9(7)11;7-5-1-2-6(8)4-3-5/h2*4-6,10-11H,2-3H2,1H3;1-4,7-8H. The van der Waals surface area contributed by atoms with E-state index in [1.165, 1.54) is 36.4 Å². The number of phenols is 6. The van der Waals surface area contributed by atoms with Gasteiger partial charge in [-0.3, -0.25) is 0 Å². The summed E-state index contributed by atoms with van der Waals surface area (Å²) in [4.78, 5) is 0. The van der Waals surface area contributed by atoms with Crippen molar-refractivity contribution < 1.29 is 30.6 Å². The third kappa shape index (κ3) is 9.10. The molecule has 0 aliphatic heterocycles. The molecule has 162 valence electrons. The average Bonchev–Trinajstić information content (AvgIpc) is 2.70. The predicted octanol–water partition coefficient (Wildman–Crippen LogP) is 5.20. The molecule has 0 saturated carbocycles. The lowest BCUT2D eigenvalue weighted by atomic mass is 10.1. The van der Waals surface area contributed by atoms with E-state index < -0.39 is 0 Å². The van der Waals surface area contributed by atoms with Crippen LogP contribution in [0.3, 0.4) is 0 Å². The van der Waals surface area contributed by atoms with Crippen molar-refractivity contribution in [1.82, 2.24) is 0 Å². The van der Waals surface area contributed by atoms with Crippen molar-refractivity contribution in [2.75, 3.05) is 0 Å². The first-order valence-electron chi connectivity index (χ1n) is 9.76. The van der Waals surface area contributed by atoms with Crippen LogP contribution in [-0.4, -0.2) is 30.6 Å². The highest BCUT2D eigenvalue weighted by molar-refractivity contribution is 5.39. The van der Waals surface area contributed by atoms with Gasteiger partial charge in [-0.25, -0.2) is 0 Å². The molecule has 0 aliphatic carbocycles. The largest absolute Gasteiger partial charge is 0.508 e. The number of benzene rings is 3. The third-order valence-corrected chi connectivity index (χ3v) is 4.03. The summed E-state index contributed by atoms with van der Waals surface area (Å²) >= 11 is 0. The molecule has 0 saturated heterocycles. The van der Waals surface area contributed by atoms with Crippen LogP contribution in [0.25, 0.3) is 0 Å². The Hall–Kier alpha value is -3.54. The van der Waals surface area contributed by atoms with Gasteiger partial charge in [0.15, 0.2) is 0 Å². The van der Waals surface area contributed by atoms with Crippen molar-refractivity contribution in [3.05, 3.63) is 71.8 Å². The van der Waals surface area contributed by atoms with Gasteiger partial charge in [0.25, 0.3) is 0 Å². The smallest absolute Gasteiger partial charge is 0.122 e. The van der Waals surface area contributed by atoms with E-state index in [0.29, 0.717) is 0 Å². The highest BCUT2D eigenvalue weighted by Gasteiger charge is 2.00. The summed E-state index contributed by atoms with van der Waals surface area (Å²) in [6.45, 7) is 4.10. The zero-order chi connectivity index (χ0) is 22.5. The molecule has 0 fully saturated rings. The van der Waals surface area contributed by atoms with E-state index in [2.05, 4.69) is 0 Å². The number of hydrogen-bond donors (Lipinski definition) is 6. The van der Waals surface area contributed by atoms with Gasteiger partial charge < -0.3 is 30.6 Å².